The Morgan fingerprint density at radius 2 is 1.98 bits per heavy atom. The lowest BCUT2D eigenvalue weighted by atomic mass is 10.1. The number of aromatic nitrogens is 2. The van der Waals surface area contributed by atoms with Crippen LogP contribution in [0.2, 0.25) is 5.02 Å². The Balaban J connectivity index is 1.45. The van der Waals surface area contributed by atoms with Crippen molar-refractivity contribution < 1.29 is 14.3 Å². The van der Waals surface area contributed by atoms with Crippen molar-refractivity contribution >= 4 is 23.6 Å². The van der Waals surface area contributed by atoms with Gasteiger partial charge in [-0.25, -0.2) is 9.78 Å². The van der Waals surface area contributed by atoms with E-state index in [0.717, 1.165) is 16.8 Å². The van der Waals surface area contributed by atoms with E-state index in [1.165, 1.54) is 0 Å². The number of alkyl carbamates (subject to hydrolysis) is 1. The van der Waals surface area contributed by atoms with Gasteiger partial charge in [-0.2, -0.15) is 5.26 Å². The fourth-order valence-electron chi connectivity index (χ4n) is 4.92. The maximum atomic E-state index is 13.6. The van der Waals surface area contributed by atoms with Gasteiger partial charge in [0.1, 0.15) is 5.60 Å². The van der Waals surface area contributed by atoms with Gasteiger partial charge in [-0.3, -0.25) is 9.69 Å². The molecule has 1 N–H and O–H groups in total. The van der Waals surface area contributed by atoms with Crippen molar-refractivity contribution in [3.63, 3.8) is 0 Å². The van der Waals surface area contributed by atoms with Crippen LogP contribution in [0.15, 0.2) is 61.1 Å². The second-order valence-electron chi connectivity index (χ2n) is 11.3. The number of halogens is 1. The molecule has 9 nitrogen and oxygen atoms in total. The Hall–Kier alpha value is -3.87. The Bertz CT molecular complexity index is 1380. The highest BCUT2D eigenvalue weighted by molar-refractivity contribution is 6.30. The van der Waals surface area contributed by atoms with Crippen LogP contribution in [-0.4, -0.2) is 62.6 Å². The van der Waals surface area contributed by atoms with Gasteiger partial charge in [0.25, 0.3) is 0 Å². The van der Waals surface area contributed by atoms with E-state index in [1.54, 1.807) is 6.33 Å². The molecule has 2 aromatic carbocycles. The minimum absolute atomic E-state index is 0.0863. The van der Waals surface area contributed by atoms with E-state index < -0.39 is 11.7 Å². The van der Waals surface area contributed by atoms with Crippen LogP contribution >= 0.6 is 11.6 Å². The van der Waals surface area contributed by atoms with Gasteiger partial charge < -0.3 is 19.5 Å². The number of carbonyl (C=O) groups is 2. The number of nitrogens with one attached hydrogen (secondary N) is 1. The Morgan fingerprint density at radius 3 is 2.68 bits per heavy atom. The smallest absolute Gasteiger partial charge is 0.407 e. The van der Waals surface area contributed by atoms with Crippen molar-refractivity contribution in [2.75, 3.05) is 19.6 Å². The summed E-state index contributed by atoms with van der Waals surface area (Å²) >= 11 is 6.17. The van der Waals surface area contributed by atoms with E-state index in [-0.39, 0.29) is 11.9 Å². The lowest BCUT2D eigenvalue weighted by Gasteiger charge is -2.28. The number of nitriles is 1. The molecule has 0 saturated carbocycles. The average Bonchev–Trinajstić information content (AvgIpc) is 3.51. The van der Waals surface area contributed by atoms with Crippen LogP contribution in [-0.2, 0) is 29.2 Å². The molecule has 0 aliphatic carbocycles. The number of rotatable bonds is 11. The molecular formula is C31H37ClN6O3. The maximum Gasteiger partial charge on any atom is 0.407 e. The van der Waals surface area contributed by atoms with Crippen LogP contribution in [0.3, 0.4) is 0 Å². The summed E-state index contributed by atoms with van der Waals surface area (Å²) in [5, 5.41) is 12.6. The predicted octanol–water partition coefficient (Wildman–Crippen LogP) is 4.97. The van der Waals surface area contributed by atoms with E-state index in [9.17, 15) is 9.59 Å². The first kappa shape index (κ1) is 30.1. The number of likely N-dealkylation sites (tertiary alicyclic amines) is 1. The third-order valence-corrected chi connectivity index (χ3v) is 7.10. The van der Waals surface area contributed by atoms with Crippen LogP contribution in [0.25, 0.3) is 0 Å². The average molecular weight is 577 g/mol. The Morgan fingerprint density at radius 1 is 1.20 bits per heavy atom. The number of hydrogen-bond acceptors (Lipinski definition) is 6. The summed E-state index contributed by atoms with van der Waals surface area (Å²) in [5.41, 5.74) is 3.09. The summed E-state index contributed by atoms with van der Waals surface area (Å²) in [6, 6.07) is 17.0. The number of benzene rings is 2. The third-order valence-electron chi connectivity index (χ3n) is 6.86. The van der Waals surface area contributed by atoms with Gasteiger partial charge in [0.15, 0.2) is 0 Å². The molecule has 1 fully saturated rings. The number of imidazole rings is 1. The zero-order valence-corrected chi connectivity index (χ0v) is 24.6. The highest BCUT2D eigenvalue weighted by atomic mass is 35.5. The van der Waals surface area contributed by atoms with Gasteiger partial charge in [-0.05, 0) is 69.0 Å². The molecule has 1 aromatic heterocycles. The largest absolute Gasteiger partial charge is 0.444 e. The summed E-state index contributed by atoms with van der Waals surface area (Å²) in [5.74, 6) is 0.0863. The maximum absolute atomic E-state index is 13.6. The second kappa shape index (κ2) is 13.7. The van der Waals surface area contributed by atoms with Crippen LogP contribution in [0.5, 0.6) is 0 Å². The van der Waals surface area contributed by atoms with Gasteiger partial charge in [-0.1, -0.05) is 35.9 Å². The van der Waals surface area contributed by atoms with Crippen molar-refractivity contribution in [2.45, 2.75) is 64.9 Å². The highest BCUT2D eigenvalue weighted by Crippen LogP contribution is 2.23. The Kier molecular flexibility index (Phi) is 10.0. The van der Waals surface area contributed by atoms with Crippen LogP contribution in [0.4, 0.5) is 4.79 Å². The van der Waals surface area contributed by atoms with Crippen molar-refractivity contribution in [3.05, 3.63) is 88.5 Å². The molecule has 41 heavy (non-hydrogen) atoms. The quantitative estimate of drug-likeness (QED) is 0.323. The van der Waals surface area contributed by atoms with Crippen LogP contribution in [0, 0.1) is 11.3 Å². The minimum Gasteiger partial charge on any atom is -0.444 e. The van der Waals surface area contributed by atoms with Crippen molar-refractivity contribution in [1.29, 1.82) is 5.26 Å². The molecule has 4 rings (SSSR count). The number of amides is 2. The first-order valence-electron chi connectivity index (χ1n) is 13.8. The molecule has 1 aliphatic rings. The molecule has 10 heteroatoms. The Labute approximate surface area is 246 Å². The number of nitrogens with zero attached hydrogens (tertiary/aromatic N) is 5. The summed E-state index contributed by atoms with van der Waals surface area (Å²) in [6.45, 7) is 8.84. The molecule has 0 radical (unpaired) electrons. The fourth-order valence-corrected chi connectivity index (χ4v) is 5.13. The first-order chi connectivity index (χ1) is 19.6. The molecule has 1 atom stereocenters. The summed E-state index contributed by atoms with van der Waals surface area (Å²) in [6.07, 6.45) is 4.54. The fraction of sp³-hybridized carbons (Fsp3) is 0.419. The normalized spacial score (nSPS) is 15.3. The molecule has 0 bridgehead atoms. The van der Waals surface area contributed by atoms with Crippen molar-refractivity contribution in [1.82, 2.24) is 24.7 Å². The van der Waals surface area contributed by atoms with Gasteiger partial charge in [0.05, 0.1) is 29.7 Å². The topological polar surface area (TPSA) is 103 Å². The zero-order chi connectivity index (χ0) is 29.4. The molecule has 3 aromatic rings. The van der Waals surface area contributed by atoms with Crippen LogP contribution < -0.4 is 5.32 Å². The predicted molar refractivity (Wildman–Crippen MR) is 157 cm³/mol. The van der Waals surface area contributed by atoms with E-state index in [4.69, 9.17) is 21.6 Å². The van der Waals surface area contributed by atoms with E-state index in [0.29, 0.717) is 62.7 Å². The molecule has 0 spiro atoms. The lowest BCUT2D eigenvalue weighted by molar-refractivity contribution is -0.132. The molecule has 2 heterocycles. The molecule has 216 valence electrons. The van der Waals surface area contributed by atoms with Gasteiger partial charge in [0, 0.05) is 50.5 Å². The first-order valence-corrected chi connectivity index (χ1v) is 14.2. The van der Waals surface area contributed by atoms with E-state index >= 15 is 0 Å². The van der Waals surface area contributed by atoms with Gasteiger partial charge in [0.2, 0.25) is 5.91 Å². The SMILES string of the molecule is CC(C)(C)OC(=O)NCCCN(Cc1cncn1Cc1ccc(C#N)cc1)C1CCN(Cc2cccc(Cl)c2)C1=O. The van der Waals surface area contributed by atoms with Crippen LogP contribution in [0.1, 0.15) is 56.0 Å². The molecule has 1 aliphatic heterocycles. The summed E-state index contributed by atoms with van der Waals surface area (Å²) in [4.78, 5) is 34.2. The highest BCUT2D eigenvalue weighted by Gasteiger charge is 2.36. The second-order valence-corrected chi connectivity index (χ2v) is 11.7. The third kappa shape index (κ3) is 8.81. The lowest BCUT2D eigenvalue weighted by Crippen LogP contribution is -2.43. The standard InChI is InChI=1S/C31H37ClN6O3/c1-31(2,3)41-30(40)35-13-5-14-36(28-12-15-37(29(28)39)20-25-6-4-7-26(32)16-25)21-27-18-34-22-38(27)19-24-10-8-23(17-33)9-11-24/h4,6-11,16,18,22,28H,5,12-15,19-21H2,1-3H3,(H,35,40). The molecule has 1 saturated heterocycles. The summed E-state index contributed by atoms with van der Waals surface area (Å²) in [7, 11) is 0. The van der Waals surface area contributed by atoms with Crippen molar-refractivity contribution in [3.8, 4) is 6.07 Å². The van der Waals surface area contributed by atoms with E-state index in [2.05, 4.69) is 25.8 Å². The molecule has 2 amide bonds. The summed E-state index contributed by atoms with van der Waals surface area (Å²) < 4.78 is 7.42. The van der Waals surface area contributed by atoms with E-state index in [1.807, 2.05) is 80.4 Å². The molecule has 1 unspecified atom stereocenters. The minimum atomic E-state index is -0.563. The van der Waals surface area contributed by atoms with Gasteiger partial charge in [-0.15, -0.1) is 0 Å². The number of ether oxygens (including phenoxy) is 1. The number of carbonyl (C=O) groups excluding carboxylic acids is 2. The molecular weight excluding hydrogens is 540 g/mol. The number of hydrogen-bond donors (Lipinski definition) is 1. The monoisotopic (exact) mass is 576 g/mol. The zero-order valence-electron chi connectivity index (χ0n) is 23.8. The van der Waals surface area contributed by atoms with Crippen molar-refractivity contribution in [2.24, 2.45) is 0 Å². The van der Waals surface area contributed by atoms with Gasteiger partial charge >= 0.3 is 6.09 Å².